The summed E-state index contributed by atoms with van der Waals surface area (Å²) in [6, 6.07) is 0.161. The zero-order valence-corrected chi connectivity index (χ0v) is 14.1. The van der Waals surface area contributed by atoms with Crippen molar-refractivity contribution in [2.45, 2.75) is 52.9 Å². The van der Waals surface area contributed by atoms with Crippen LogP contribution in [-0.4, -0.2) is 68.6 Å². The standard InChI is InChI=1S/C13H29N3O3S/c1-6-16(7-2)20(17,18)14-8-11(3)15-9-12(4)19-13(5)10-15/h11-14H,6-10H2,1-5H3/t11-,12-,13-/m0/s1. The summed E-state index contributed by atoms with van der Waals surface area (Å²) in [5, 5.41) is 0. The SMILES string of the molecule is CCN(CC)S(=O)(=O)NC[C@H](C)N1C[C@H](C)O[C@@H](C)C1. The molecule has 0 aromatic heterocycles. The summed E-state index contributed by atoms with van der Waals surface area (Å²) in [5.74, 6) is 0. The molecule has 0 amide bonds. The highest BCUT2D eigenvalue weighted by molar-refractivity contribution is 7.87. The van der Waals surface area contributed by atoms with E-state index in [4.69, 9.17) is 4.74 Å². The maximum atomic E-state index is 12.1. The van der Waals surface area contributed by atoms with E-state index in [1.54, 1.807) is 0 Å². The molecule has 0 aliphatic carbocycles. The van der Waals surface area contributed by atoms with Crippen LogP contribution in [0.25, 0.3) is 0 Å². The molecule has 0 saturated carbocycles. The summed E-state index contributed by atoms with van der Waals surface area (Å²) in [6.45, 7) is 12.9. The molecule has 1 heterocycles. The third kappa shape index (κ3) is 4.96. The highest BCUT2D eigenvalue weighted by Gasteiger charge is 2.27. The number of morpholine rings is 1. The first kappa shape index (κ1) is 17.8. The highest BCUT2D eigenvalue weighted by atomic mass is 32.2. The molecule has 1 aliphatic rings. The van der Waals surface area contributed by atoms with Crippen molar-refractivity contribution in [2.24, 2.45) is 0 Å². The van der Waals surface area contributed by atoms with Gasteiger partial charge in [0.05, 0.1) is 12.2 Å². The molecule has 120 valence electrons. The topological polar surface area (TPSA) is 61.9 Å². The zero-order chi connectivity index (χ0) is 15.3. The average molecular weight is 307 g/mol. The molecule has 0 aromatic rings. The van der Waals surface area contributed by atoms with Gasteiger partial charge in [0.1, 0.15) is 0 Å². The summed E-state index contributed by atoms with van der Waals surface area (Å²) < 4.78 is 34.0. The van der Waals surface area contributed by atoms with Crippen LogP contribution in [0.5, 0.6) is 0 Å². The maximum absolute atomic E-state index is 12.1. The Morgan fingerprint density at radius 1 is 1.25 bits per heavy atom. The monoisotopic (exact) mass is 307 g/mol. The van der Waals surface area contributed by atoms with Gasteiger partial charge in [-0.2, -0.15) is 12.7 Å². The van der Waals surface area contributed by atoms with E-state index in [0.29, 0.717) is 19.6 Å². The van der Waals surface area contributed by atoms with Crippen molar-refractivity contribution in [1.82, 2.24) is 13.9 Å². The summed E-state index contributed by atoms with van der Waals surface area (Å²) in [7, 11) is -3.36. The highest BCUT2D eigenvalue weighted by Crippen LogP contribution is 2.13. The summed E-state index contributed by atoms with van der Waals surface area (Å²) in [6.07, 6.45) is 0.390. The molecule has 1 aliphatic heterocycles. The largest absolute Gasteiger partial charge is 0.373 e. The lowest BCUT2D eigenvalue weighted by atomic mass is 10.2. The Hall–Kier alpha value is -0.210. The van der Waals surface area contributed by atoms with Gasteiger partial charge in [-0.25, -0.2) is 4.72 Å². The molecule has 1 rings (SSSR count). The fraction of sp³-hybridized carbons (Fsp3) is 1.00. The van der Waals surface area contributed by atoms with Gasteiger partial charge in [-0.05, 0) is 20.8 Å². The minimum absolute atomic E-state index is 0.161. The van der Waals surface area contributed by atoms with E-state index in [0.717, 1.165) is 13.1 Å². The molecule has 0 aromatic carbocycles. The minimum Gasteiger partial charge on any atom is -0.373 e. The van der Waals surface area contributed by atoms with E-state index < -0.39 is 10.2 Å². The predicted octanol–water partition coefficient (Wildman–Crippen LogP) is 0.660. The van der Waals surface area contributed by atoms with Crippen LogP contribution >= 0.6 is 0 Å². The normalized spacial score (nSPS) is 26.9. The minimum atomic E-state index is -3.36. The van der Waals surface area contributed by atoms with Gasteiger partial charge in [0.25, 0.3) is 10.2 Å². The van der Waals surface area contributed by atoms with Gasteiger partial charge >= 0.3 is 0 Å². The Kier molecular flexibility index (Phi) is 6.87. The van der Waals surface area contributed by atoms with E-state index in [1.807, 2.05) is 13.8 Å². The zero-order valence-electron chi connectivity index (χ0n) is 13.3. The Morgan fingerprint density at radius 2 is 1.75 bits per heavy atom. The molecule has 7 heteroatoms. The van der Waals surface area contributed by atoms with Crippen molar-refractivity contribution in [3.63, 3.8) is 0 Å². The maximum Gasteiger partial charge on any atom is 0.279 e. The molecule has 1 saturated heterocycles. The Labute approximate surface area is 123 Å². The van der Waals surface area contributed by atoms with Gasteiger partial charge < -0.3 is 4.74 Å². The quantitative estimate of drug-likeness (QED) is 0.750. The van der Waals surface area contributed by atoms with Crippen molar-refractivity contribution in [1.29, 1.82) is 0 Å². The van der Waals surface area contributed by atoms with Crippen LogP contribution in [0, 0.1) is 0 Å². The van der Waals surface area contributed by atoms with Crippen molar-refractivity contribution in [3.05, 3.63) is 0 Å². The van der Waals surface area contributed by atoms with E-state index >= 15 is 0 Å². The van der Waals surface area contributed by atoms with E-state index in [1.165, 1.54) is 4.31 Å². The molecule has 1 fully saturated rings. The van der Waals surface area contributed by atoms with Crippen LogP contribution in [0.2, 0.25) is 0 Å². The molecular formula is C13H29N3O3S. The molecule has 6 nitrogen and oxygen atoms in total. The lowest BCUT2D eigenvalue weighted by Gasteiger charge is -2.39. The van der Waals surface area contributed by atoms with Crippen LogP contribution in [0.15, 0.2) is 0 Å². The molecule has 0 bridgehead atoms. The Morgan fingerprint density at radius 3 is 2.20 bits per heavy atom. The molecule has 0 radical (unpaired) electrons. The van der Waals surface area contributed by atoms with Gasteiger partial charge in [0, 0.05) is 38.8 Å². The van der Waals surface area contributed by atoms with Crippen molar-refractivity contribution >= 4 is 10.2 Å². The van der Waals surface area contributed by atoms with Crippen LogP contribution in [0.1, 0.15) is 34.6 Å². The van der Waals surface area contributed by atoms with Gasteiger partial charge in [-0.3, -0.25) is 4.90 Å². The number of nitrogens with zero attached hydrogens (tertiary/aromatic N) is 2. The second-order valence-electron chi connectivity index (χ2n) is 5.50. The Bertz CT molecular complexity index is 374. The number of rotatable bonds is 7. The van der Waals surface area contributed by atoms with Gasteiger partial charge in [-0.1, -0.05) is 13.8 Å². The van der Waals surface area contributed by atoms with Gasteiger partial charge in [0.2, 0.25) is 0 Å². The molecule has 0 unspecified atom stereocenters. The summed E-state index contributed by atoms with van der Waals surface area (Å²) in [4.78, 5) is 2.28. The second kappa shape index (κ2) is 7.70. The number of ether oxygens (including phenoxy) is 1. The second-order valence-corrected chi connectivity index (χ2v) is 7.25. The van der Waals surface area contributed by atoms with Crippen LogP contribution in [0.3, 0.4) is 0 Å². The molecular weight excluding hydrogens is 278 g/mol. The van der Waals surface area contributed by atoms with E-state index in [-0.39, 0.29) is 18.2 Å². The van der Waals surface area contributed by atoms with Crippen LogP contribution in [0.4, 0.5) is 0 Å². The van der Waals surface area contributed by atoms with Crippen molar-refractivity contribution < 1.29 is 13.2 Å². The van der Waals surface area contributed by atoms with Crippen molar-refractivity contribution in [2.75, 3.05) is 32.7 Å². The first-order chi connectivity index (χ1) is 9.30. The van der Waals surface area contributed by atoms with E-state index in [2.05, 4.69) is 30.4 Å². The Balaban J connectivity index is 2.52. The molecule has 1 N–H and O–H groups in total. The summed E-state index contributed by atoms with van der Waals surface area (Å²) >= 11 is 0. The fourth-order valence-electron chi connectivity index (χ4n) is 2.59. The average Bonchev–Trinajstić information content (AvgIpc) is 2.36. The van der Waals surface area contributed by atoms with E-state index in [9.17, 15) is 8.42 Å². The fourth-order valence-corrected chi connectivity index (χ4v) is 3.90. The predicted molar refractivity (Wildman–Crippen MR) is 80.9 cm³/mol. The summed E-state index contributed by atoms with van der Waals surface area (Å²) in [5.41, 5.74) is 0. The number of hydrogen-bond donors (Lipinski definition) is 1. The lowest BCUT2D eigenvalue weighted by Crippen LogP contribution is -2.53. The van der Waals surface area contributed by atoms with Crippen molar-refractivity contribution in [3.8, 4) is 0 Å². The van der Waals surface area contributed by atoms with Crippen LogP contribution in [-0.2, 0) is 14.9 Å². The van der Waals surface area contributed by atoms with Gasteiger partial charge in [0.15, 0.2) is 0 Å². The molecule has 3 atom stereocenters. The van der Waals surface area contributed by atoms with Crippen LogP contribution < -0.4 is 4.72 Å². The first-order valence-electron chi connectivity index (χ1n) is 7.44. The first-order valence-corrected chi connectivity index (χ1v) is 8.88. The third-order valence-corrected chi connectivity index (χ3v) is 5.41. The lowest BCUT2D eigenvalue weighted by molar-refractivity contribution is -0.0776. The third-order valence-electron chi connectivity index (χ3n) is 3.68. The molecule has 0 spiro atoms. The van der Waals surface area contributed by atoms with Gasteiger partial charge in [-0.15, -0.1) is 0 Å². The smallest absolute Gasteiger partial charge is 0.279 e. The number of nitrogens with one attached hydrogen (secondary N) is 1. The molecule has 20 heavy (non-hydrogen) atoms. The number of hydrogen-bond acceptors (Lipinski definition) is 4.